The fraction of sp³-hybridized carbons (Fsp3) is 0.381. The number of halogens is 2. The molecule has 2 amide bonds. The van der Waals surface area contributed by atoms with Crippen LogP contribution in [0.5, 0.6) is 5.75 Å². The zero-order valence-corrected chi connectivity index (χ0v) is 17.8. The predicted molar refractivity (Wildman–Crippen MR) is 115 cm³/mol. The molecule has 0 aliphatic carbocycles. The number of rotatable bonds is 8. The average Bonchev–Trinajstić information content (AvgIpc) is 2.75. The summed E-state index contributed by atoms with van der Waals surface area (Å²) in [5.74, 6) is -2.87. The number of nitrogens with one attached hydrogen (secondary N) is 2. The number of carbonyl (C=O) groups is 2. The van der Waals surface area contributed by atoms with Crippen molar-refractivity contribution in [3.05, 3.63) is 62.3 Å². The van der Waals surface area contributed by atoms with E-state index in [0.29, 0.717) is 6.54 Å². The van der Waals surface area contributed by atoms with E-state index in [9.17, 15) is 23.9 Å². The molecular formula is C21H24ClFN4O4. The molecule has 0 spiro atoms. The van der Waals surface area contributed by atoms with Crippen molar-refractivity contribution in [1.29, 1.82) is 0 Å². The summed E-state index contributed by atoms with van der Waals surface area (Å²) in [6.07, 6.45) is 5.20. The molecule has 2 heterocycles. The highest BCUT2D eigenvalue weighted by atomic mass is 35.5. The largest absolute Gasteiger partial charge is 0.502 e. The summed E-state index contributed by atoms with van der Waals surface area (Å²) < 4.78 is 15.4. The summed E-state index contributed by atoms with van der Waals surface area (Å²) >= 11 is 5.75. The lowest BCUT2D eigenvalue weighted by Gasteiger charge is -2.34. The molecule has 0 saturated heterocycles. The van der Waals surface area contributed by atoms with E-state index in [-0.39, 0.29) is 35.1 Å². The van der Waals surface area contributed by atoms with Crippen LogP contribution in [0.1, 0.15) is 59.0 Å². The molecule has 1 aromatic heterocycles. The SMILES string of the molecule is CCCCCCN1CNC(=O)c2c(O)c(=O)c(C(=O)NCc3cccc(Cl)c3F)cn21. The van der Waals surface area contributed by atoms with Gasteiger partial charge in [0.25, 0.3) is 11.8 Å². The minimum Gasteiger partial charge on any atom is -0.502 e. The molecular weight excluding hydrogens is 427 g/mol. The van der Waals surface area contributed by atoms with Crippen LogP contribution in [0.25, 0.3) is 0 Å². The van der Waals surface area contributed by atoms with Gasteiger partial charge >= 0.3 is 0 Å². The quantitative estimate of drug-likeness (QED) is 0.536. The summed E-state index contributed by atoms with van der Waals surface area (Å²) in [7, 11) is 0. The highest BCUT2D eigenvalue weighted by molar-refractivity contribution is 6.30. The molecule has 1 aliphatic rings. The van der Waals surface area contributed by atoms with Crippen molar-refractivity contribution in [2.75, 3.05) is 18.2 Å². The van der Waals surface area contributed by atoms with E-state index in [1.54, 1.807) is 11.1 Å². The molecule has 1 aromatic carbocycles. The highest BCUT2D eigenvalue weighted by Crippen LogP contribution is 2.19. The van der Waals surface area contributed by atoms with Gasteiger partial charge in [0, 0.05) is 24.8 Å². The van der Waals surface area contributed by atoms with E-state index in [2.05, 4.69) is 17.6 Å². The van der Waals surface area contributed by atoms with Crippen LogP contribution in [-0.2, 0) is 6.54 Å². The molecule has 8 nitrogen and oxygen atoms in total. The maximum atomic E-state index is 14.1. The van der Waals surface area contributed by atoms with E-state index in [0.717, 1.165) is 25.7 Å². The summed E-state index contributed by atoms with van der Waals surface area (Å²) in [4.78, 5) is 37.4. The fourth-order valence-electron chi connectivity index (χ4n) is 3.37. The molecule has 2 aromatic rings. The van der Waals surface area contributed by atoms with Crippen molar-refractivity contribution < 1.29 is 19.1 Å². The van der Waals surface area contributed by atoms with E-state index in [4.69, 9.17) is 11.6 Å². The fourth-order valence-corrected chi connectivity index (χ4v) is 3.57. The molecule has 0 radical (unpaired) electrons. The van der Waals surface area contributed by atoms with Crippen LogP contribution in [0.4, 0.5) is 4.39 Å². The number of amides is 2. The Bertz CT molecular complexity index is 1060. The maximum absolute atomic E-state index is 14.1. The van der Waals surface area contributed by atoms with Gasteiger partial charge in [0.15, 0.2) is 11.4 Å². The first-order chi connectivity index (χ1) is 14.8. The Morgan fingerprint density at radius 2 is 2.06 bits per heavy atom. The molecule has 0 bridgehead atoms. The molecule has 10 heteroatoms. The Morgan fingerprint density at radius 1 is 1.29 bits per heavy atom. The van der Waals surface area contributed by atoms with E-state index in [1.807, 2.05) is 0 Å². The van der Waals surface area contributed by atoms with Crippen molar-refractivity contribution in [1.82, 2.24) is 15.3 Å². The normalized spacial score (nSPS) is 13.0. The zero-order chi connectivity index (χ0) is 22.5. The topological polar surface area (TPSA) is 104 Å². The van der Waals surface area contributed by atoms with Crippen LogP contribution in [-0.4, -0.2) is 34.8 Å². The molecule has 1 aliphatic heterocycles. The maximum Gasteiger partial charge on any atom is 0.275 e. The number of hydrogen-bond donors (Lipinski definition) is 3. The number of aromatic hydroxyl groups is 1. The third kappa shape index (κ3) is 4.82. The Kier molecular flexibility index (Phi) is 7.17. The Labute approximate surface area is 183 Å². The van der Waals surface area contributed by atoms with Crippen molar-refractivity contribution in [2.24, 2.45) is 0 Å². The zero-order valence-electron chi connectivity index (χ0n) is 17.1. The van der Waals surface area contributed by atoms with Crippen LogP contribution in [0.3, 0.4) is 0 Å². The van der Waals surface area contributed by atoms with E-state index < -0.39 is 28.8 Å². The summed E-state index contributed by atoms with van der Waals surface area (Å²) in [5.41, 5.74) is -1.39. The Hall–Kier alpha value is -3.07. The molecule has 0 atom stereocenters. The van der Waals surface area contributed by atoms with Gasteiger partial charge in [-0.05, 0) is 12.5 Å². The summed E-state index contributed by atoms with van der Waals surface area (Å²) in [6, 6.07) is 4.39. The number of benzene rings is 1. The van der Waals surface area contributed by atoms with Gasteiger partial charge in [-0.3, -0.25) is 24.1 Å². The first-order valence-electron chi connectivity index (χ1n) is 10.1. The van der Waals surface area contributed by atoms with Crippen molar-refractivity contribution in [3.8, 4) is 5.75 Å². The van der Waals surface area contributed by atoms with Gasteiger partial charge in [0.2, 0.25) is 5.43 Å². The van der Waals surface area contributed by atoms with Gasteiger partial charge in [0.05, 0.1) is 5.02 Å². The number of aromatic nitrogens is 1. The second-order valence-electron chi connectivity index (χ2n) is 7.26. The lowest BCUT2D eigenvalue weighted by Crippen LogP contribution is -2.53. The average molecular weight is 451 g/mol. The lowest BCUT2D eigenvalue weighted by atomic mass is 10.1. The first kappa shape index (κ1) is 22.6. The van der Waals surface area contributed by atoms with Crippen molar-refractivity contribution in [3.63, 3.8) is 0 Å². The minimum absolute atomic E-state index is 0.0806. The van der Waals surface area contributed by atoms with Crippen LogP contribution < -0.4 is 21.1 Å². The van der Waals surface area contributed by atoms with E-state index in [1.165, 1.54) is 23.0 Å². The predicted octanol–water partition coefficient (Wildman–Crippen LogP) is 2.50. The van der Waals surface area contributed by atoms with E-state index >= 15 is 0 Å². The third-order valence-electron chi connectivity index (χ3n) is 5.09. The standard InChI is InChI=1S/C21H24ClFN4O4/c1-2-3-4-5-9-26-12-25-21(31)17-19(29)18(28)14(11-27(17)26)20(30)24-10-13-7-6-8-15(22)16(13)23/h6-8,11,29H,2-5,9-10,12H2,1H3,(H,24,30)(H,25,31). The van der Waals surface area contributed by atoms with Crippen LogP contribution >= 0.6 is 11.6 Å². The van der Waals surface area contributed by atoms with Gasteiger partial charge in [-0.2, -0.15) is 0 Å². The van der Waals surface area contributed by atoms with Gasteiger partial charge in [-0.15, -0.1) is 0 Å². The monoisotopic (exact) mass is 450 g/mol. The molecule has 166 valence electrons. The molecule has 3 N–H and O–H groups in total. The first-order valence-corrected chi connectivity index (χ1v) is 10.5. The highest BCUT2D eigenvalue weighted by Gasteiger charge is 2.29. The number of hydrogen-bond acceptors (Lipinski definition) is 5. The minimum atomic E-state index is -0.974. The van der Waals surface area contributed by atoms with Crippen LogP contribution in [0, 0.1) is 5.82 Å². The molecule has 0 saturated carbocycles. The number of nitrogens with zero attached hydrogens (tertiary/aromatic N) is 2. The number of carbonyl (C=O) groups excluding carboxylic acids is 2. The second kappa shape index (κ2) is 9.82. The summed E-state index contributed by atoms with van der Waals surface area (Å²) in [5, 5.41) is 17.1. The Morgan fingerprint density at radius 3 is 2.81 bits per heavy atom. The third-order valence-corrected chi connectivity index (χ3v) is 5.38. The van der Waals surface area contributed by atoms with Crippen LogP contribution in [0.2, 0.25) is 5.02 Å². The number of fused-ring (bicyclic) bond motifs is 1. The number of pyridine rings is 1. The van der Waals surface area contributed by atoms with Crippen LogP contribution in [0.15, 0.2) is 29.2 Å². The summed E-state index contributed by atoms with van der Waals surface area (Å²) in [6.45, 7) is 2.63. The number of unbranched alkanes of at least 4 members (excludes halogenated alkanes) is 3. The van der Waals surface area contributed by atoms with Crippen molar-refractivity contribution >= 4 is 23.4 Å². The molecule has 3 rings (SSSR count). The van der Waals surface area contributed by atoms with Crippen molar-refractivity contribution in [2.45, 2.75) is 39.2 Å². The van der Waals surface area contributed by atoms with Gasteiger partial charge < -0.3 is 15.7 Å². The smallest absolute Gasteiger partial charge is 0.275 e. The van der Waals surface area contributed by atoms with Gasteiger partial charge in [0.1, 0.15) is 18.0 Å². The van der Waals surface area contributed by atoms with Gasteiger partial charge in [-0.25, -0.2) is 4.39 Å². The van der Waals surface area contributed by atoms with Gasteiger partial charge in [-0.1, -0.05) is 49.9 Å². The molecule has 0 fully saturated rings. The Balaban J connectivity index is 1.86. The second-order valence-corrected chi connectivity index (χ2v) is 7.67. The molecule has 0 unspecified atom stereocenters. The molecule has 31 heavy (non-hydrogen) atoms. The lowest BCUT2D eigenvalue weighted by molar-refractivity contribution is 0.0908.